The van der Waals surface area contributed by atoms with Gasteiger partial charge in [-0.15, -0.1) is 0 Å². The molecule has 0 amide bonds. The van der Waals surface area contributed by atoms with Crippen LogP contribution in [0.3, 0.4) is 0 Å². The Balaban J connectivity index is 1.72. The summed E-state index contributed by atoms with van der Waals surface area (Å²) in [5, 5.41) is 20.4. The van der Waals surface area contributed by atoms with Crippen LogP contribution in [-0.4, -0.2) is 45.5 Å². The van der Waals surface area contributed by atoms with Crippen molar-refractivity contribution in [3.8, 4) is 0 Å². The van der Waals surface area contributed by atoms with E-state index in [0.717, 1.165) is 24.5 Å². The molecule has 1 unspecified atom stereocenters. The van der Waals surface area contributed by atoms with Crippen molar-refractivity contribution in [2.75, 3.05) is 30.3 Å². The topological polar surface area (TPSA) is 95.5 Å². The number of benzene rings is 1. The van der Waals surface area contributed by atoms with E-state index in [1.165, 1.54) is 11.1 Å². The molecule has 2 heterocycles. The molecule has 0 bridgehead atoms. The third kappa shape index (κ3) is 4.66. The molecule has 1 fully saturated rings. The molecule has 3 rings (SSSR count). The molecular weight excluding hydrogens is 348 g/mol. The third-order valence-electron chi connectivity index (χ3n) is 4.87. The molecule has 2 aromatic rings. The summed E-state index contributed by atoms with van der Waals surface area (Å²) in [7, 11) is 0. The van der Waals surface area contributed by atoms with Crippen LogP contribution < -0.4 is 10.6 Å². The molecule has 0 radical (unpaired) electrons. The highest BCUT2D eigenvalue weighted by atomic mass is 32.2. The molecule has 0 saturated carbocycles. The first-order valence-corrected chi connectivity index (χ1v) is 9.88. The molecule has 1 aliphatic rings. The second-order valence-corrected chi connectivity index (χ2v) is 7.81. The number of rotatable bonds is 5. The smallest absolute Gasteiger partial charge is 0.191 e. The number of hydrogen-bond acceptors (Lipinski definition) is 7. The fourth-order valence-electron chi connectivity index (χ4n) is 3.14. The van der Waals surface area contributed by atoms with Crippen molar-refractivity contribution < 1.29 is 10.2 Å². The van der Waals surface area contributed by atoms with E-state index in [1.54, 1.807) is 17.8 Å². The largest absolute Gasteiger partial charge is 0.393 e. The molecule has 1 aromatic heterocycles. The van der Waals surface area contributed by atoms with E-state index in [9.17, 15) is 10.2 Å². The summed E-state index contributed by atoms with van der Waals surface area (Å²) in [4.78, 5) is 11.1. The number of aromatic nitrogens is 2. The van der Waals surface area contributed by atoms with Crippen LogP contribution in [0.1, 0.15) is 30.4 Å². The highest BCUT2D eigenvalue weighted by Gasteiger charge is 2.29. The van der Waals surface area contributed by atoms with Gasteiger partial charge in [-0.3, -0.25) is 0 Å². The van der Waals surface area contributed by atoms with E-state index >= 15 is 0 Å². The molecule has 7 heteroatoms. The Hall–Kier alpha value is -1.83. The second-order valence-electron chi connectivity index (χ2n) is 6.87. The summed E-state index contributed by atoms with van der Waals surface area (Å²) in [6.45, 7) is 3.31. The lowest BCUT2D eigenvalue weighted by molar-refractivity contribution is -0.0232. The highest BCUT2D eigenvalue weighted by Crippen LogP contribution is 2.28. The molecule has 1 aliphatic heterocycles. The maximum atomic E-state index is 10.3. The van der Waals surface area contributed by atoms with Crippen LogP contribution >= 0.6 is 11.8 Å². The van der Waals surface area contributed by atoms with Crippen molar-refractivity contribution in [2.24, 2.45) is 0 Å². The Labute approximate surface area is 158 Å². The third-order valence-corrected chi connectivity index (χ3v) is 5.76. The van der Waals surface area contributed by atoms with Gasteiger partial charge in [-0.2, -0.15) is 0 Å². The second kappa shape index (κ2) is 8.24. The van der Waals surface area contributed by atoms with Crippen molar-refractivity contribution >= 4 is 23.4 Å². The number of nitrogens with two attached hydrogens (primary N) is 1. The highest BCUT2D eigenvalue weighted by molar-refractivity contribution is 7.98. The molecule has 1 saturated heterocycles. The van der Waals surface area contributed by atoms with Gasteiger partial charge in [0.1, 0.15) is 11.6 Å². The minimum absolute atomic E-state index is 0.204. The fourth-order valence-corrected chi connectivity index (χ4v) is 4.07. The average molecular weight is 375 g/mol. The molecule has 0 spiro atoms. The summed E-state index contributed by atoms with van der Waals surface area (Å²) in [6, 6.07) is 10.1. The standard InChI is InChI=1S/C19H26N4O2S/c1-14-5-2-3-6-15(14)12-26-18-21-16(20)11-17(22-18)23-9-4-7-19(25,13-24)8-10-23/h2-3,5-6,11,24-25H,4,7-10,12-13H2,1H3,(H2,20,21,22). The first-order chi connectivity index (χ1) is 12.5. The molecular formula is C19H26N4O2S. The number of nitrogens with zero attached hydrogens (tertiary/aromatic N) is 3. The number of anilines is 2. The lowest BCUT2D eigenvalue weighted by Gasteiger charge is -2.25. The Morgan fingerprint density at radius 1 is 1.23 bits per heavy atom. The summed E-state index contributed by atoms with van der Waals surface area (Å²) in [6.07, 6.45) is 1.90. The quantitative estimate of drug-likeness (QED) is 0.546. The maximum Gasteiger partial charge on any atom is 0.191 e. The molecule has 1 aromatic carbocycles. The van der Waals surface area contributed by atoms with Crippen molar-refractivity contribution in [3.63, 3.8) is 0 Å². The van der Waals surface area contributed by atoms with Gasteiger partial charge in [0.2, 0.25) is 0 Å². The molecule has 0 aliphatic carbocycles. The zero-order valence-electron chi connectivity index (χ0n) is 15.1. The number of aliphatic hydroxyl groups excluding tert-OH is 1. The van der Waals surface area contributed by atoms with Crippen LogP contribution in [0, 0.1) is 6.92 Å². The SMILES string of the molecule is Cc1ccccc1CSc1nc(N)cc(N2CCCC(O)(CO)CC2)n1. The minimum Gasteiger partial charge on any atom is -0.393 e. The Morgan fingerprint density at radius 2 is 2.04 bits per heavy atom. The first-order valence-electron chi connectivity index (χ1n) is 8.89. The van der Waals surface area contributed by atoms with Gasteiger partial charge in [-0.05, 0) is 37.3 Å². The zero-order chi connectivity index (χ0) is 18.6. The van der Waals surface area contributed by atoms with Gasteiger partial charge in [-0.1, -0.05) is 36.0 Å². The molecule has 1 atom stereocenters. The van der Waals surface area contributed by atoms with E-state index in [2.05, 4.69) is 33.9 Å². The number of thioether (sulfide) groups is 1. The maximum absolute atomic E-state index is 10.3. The summed E-state index contributed by atoms with van der Waals surface area (Å²) in [5.41, 5.74) is 7.52. The predicted molar refractivity (Wildman–Crippen MR) is 105 cm³/mol. The fraction of sp³-hybridized carbons (Fsp3) is 0.474. The van der Waals surface area contributed by atoms with Crippen molar-refractivity contribution in [3.05, 3.63) is 41.5 Å². The van der Waals surface area contributed by atoms with E-state index < -0.39 is 5.60 Å². The van der Waals surface area contributed by atoms with E-state index in [0.29, 0.717) is 30.4 Å². The summed E-state index contributed by atoms with van der Waals surface area (Å²) in [5.74, 6) is 2.02. The lowest BCUT2D eigenvalue weighted by Crippen LogP contribution is -2.34. The zero-order valence-corrected chi connectivity index (χ0v) is 15.9. The summed E-state index contributed by atoms with van der Waals surface area (Å²) < 4.78 is 0. The van der Waals surface area contributed by atoms with Crippen molar-refractivity contribution in [1.82, 2.24) is 9.97 Å². The number of aliphatic hydroxyl groups is 2. The predicted octanol–water partition coefficient (Wildman–Crippen LogP) is 2.37. The van der Waals surface area contributed by atoms with Gasteiger partial charge in [0.05, 0.1) is 12.2 Å². The van der Waals surface area contributed by atoms with E-state index in [1.807, 2.05) is 12.1 Å². The molecule has 140 valence electrons. The normalized spacial score (nSPS) is 20.8. The minimum atomic E-state index is -0.990. The van der Waals surface area contributed by atoms with Crippen LogP contribution in [0.5, 0.6) is 0 Å². The van der Waals surface area contributed by atoms with Crippen LogP contribution in [0.15, 0.2) is 35.5 Å². The summed E-state index contributed by atoms with van der Waals surface area (Å²) >= 11 is 1.57. The van der Waals surface area contributed by atoms with Gasteiger partial charge in [0, 0.05) is 24.9 Å². The van der Waals surface area contributed by atoms with Crippen LogP contribution in [0.25, 0.3) is 0 Å². The molecule has 6 nitrogen and oxygen atoms in total. The van der Waals surface area contributed by atoms with Crippen molar-refractivity contribution in [2.45, 2.75) is 42.7 Å². The van der Waals surface area contributed by atoms with Crippen LogP contribution in [0.4, 0.5) is 11.6 Å². The van der Waals surface area contributed by atoms with E-state index in [4.69, 9.17) is 5.73 Å². The Bertz CT molecular complexity index is 758. The first kappa shape index (κ1) is 18.9. The number of nitrogen functional groups attached to an aromatic ring is 1. The van der Waals surface area contributed by atoms with Gasteiger partial charge < -0.3 is 20.8 Å². The Kier molecular flexibility index (Phi) is 6.01. The molecule has 26 heavy (non-hydrogen) atoms. The van der Waals surface area contributed by atoms with Crippen molar-refractivity contribution in [1.29, 1.82) is 0 Å². The number of aryl methyl sites for hydroxylation is 1. The van der Waals surface area contributed by atoms with Gasteiger partial charge in [0.25, 0.3) is 0 Å². The Morgan fingerprint density at radius 3 is 2.81 bits per heavy atom. The van der Waals surface area contributed by atoms with Gasteiger partial charge >= 0.3 is 0 Å². The molecule has 4 N–H and O–H groups in total. The average Bonchev–Trinajstić information content (AvgIpc) is 2.83. The van der Waals surface area contributed by atoms with Gasteiger partial charge in [0.15, 0.2) is 5.16 Å². The lowest BCUT2D eigenvalue weighted by atomic mass is 9.96. The van der Waals surface area contributed by atoms with Gasteiger partial charge in [-0.25, -0.2) is 9.97 Å². The van der Waals surface area contributed by atoms with Crippen LogP contribution in [0.2, 0.25) is 0 Å². The van der Waals surface area contributed by atoms with E-state index in [-0.39, 0.29) is 6.61 Å². The van der Waals surface area contributed by atoms with Crippen LogP contribution in [-0.2, 0) is 5.75 Å². The number of hydrogen-bond donors (Lipinski definition) is 3. The monoisotopic (exact) mass is 374 g/mol.